The first-order chi connectivity index (χ1) is 11.4. The highest BCUT2D eigenvalue weighted by Gasteiger charge is 2.40. The molecule has 0 radical (unpaired) electrons. The molecule has 1 aliphatic heterocycles. The van der Waals surface area contributed by atoms with Crippen molar-refractivity contribution < 1.29 is 24.2 Å². The number of ether oxygens (including phenoxy) is 2. The minimum atomic E-state index is -0.920. The molecular formula is C18H25NO5. The Bertz CT molecular complexity index is 579. The summed E-state index contributed by atoms with van der Waals surface area (Å²) < 4.78 is 10.8. The quantitative estimate of drug-likeness (QED) is 0.796. The highest BCUT2D eigenvalue weighted by atomic mass is 16.5. The van der Waals surface area contributed by atoms with E-state index < -0.39 is 11.4 Å². The number of carboxylic acid groups (broad SMARTS) is 1. The second kappa shape index (κ2) is 8.15. The van der Waals surface area contributed by atoms with Crippen molar-refractivity contribution in [2.45, 2.75) is 39.2 Å². The van der Waals surface area contributed by atoms with Gasteiger partial charge in [-0.15, -0.1) is 0 Å². The lowest BCUT2D eigenvalue weighted by atomic mass is 9.80. The van der Waals surface area contributed by atoms with Gasteiger partial charge in [0.05, 0.1) is 17.9 Å². The summed E-state index contributed by atoms with van der Waals surface area (Å²) in [5.74, 6) is -0.344. The van der Waals surface area contributed by atoms with Crippen LogP contribution in [0.5, 0.6) is 5.75 Å². The molecule has 1 aromatic rings. The molecule has 132 valence electrons. The number of nitrogens with one attached hydrogen (secondary N) is 1. The van der Waals surface area contributed by atoms with Gasteiger partial charge < -0.3 is 19.9 Å². The van der Waals surface area contributed by atoms with Crippen LogP contribution in [0.1, 0.15) is 32.3 Å². The monoisotopic (exact) mass is 335 g/mol. The fraction of sp³-hybridized carbons (Fsp3) is 0.556. The Labute approximate surface area is 142 Å². The maximum absolute atomic E-state index is 12.2. The standard InChI is InChI=1S/C18H25NO5/c1-13(2)24-15-5-3-4-14(10-15)11-16(20)19-12-18(17(21)22)6-8-23-9-7-18/h3-5,10,13H,6-9,11-12H2,1-2H3,(H,19,20)(H,21,22). The Hall–Kier alpha value is -2.08. The summed E-state index contributed by atoms with van der Waals surface area (Å²) in [6.45, 7) is 4.84. The number of hydrogen-bond acceptors (Lipinski definition) is 4. The van der Waals surface area contributed by atoms with E-state index in [4.69, 9.17) is 9.47 Å². The van der Waals surface area contributed by atoms with E-state index in [-0.39, 0.29) is 25.0 Å². The molecule has 1 amide bonds. The van der Waals surface area contributed by atoms with Crippen molar-refractivity contribution >= 4 is 11.9 Å². The first-order valence-corrected chi connectivity index (χ1v) is 8.25. The average molecular weight is 335 g/mol. The summed E-state index contributed by atoms with van der Waals surface area (Å²) in [4.78, 5) is 23.7. The molecule has 0 bridgehead atoms. The fourth-order valence-corrected chi connectivity index (χ4v) is 2.74. The zero-order valence-corrected chi connectivity index (χ0v) is 14.2. The maximum Gasteiger partial charge on any atom is 0.311 e. The Morgan fingerprint density at radius 1 is 1.33 bits per heavy atom. The third-order valence-electron chi connectivity index (χ3n) is 4.16. The Balaban J connectivity index is 1.92. The summed E-state index contributed by atoms with van der Waals surface area (Å²) in [7, 11) is 0. The number of rotatable bonds is 7. The van der Waals surface area contributed by atoms with Gasteiger partial charge in [-0.2, -0.15) is 0 Å². The van der Waals surface area contributed by atoms with Crippen molar-refractivity contribution in [2.24, 2.45) is 5.41 Å². The van der Waals surface area contributed by atoms with Crippen LogP contribution in [-0.2, 0) is 20.7 Å². The van der Waals surface area contributed by atoms with Crippen LogP contribution in [0.4, 0.5) is 0 Å². The summed E-state index contributed by atoms with van der Waals surface area (Å²) in [5.41, 5.74) is -0.0849. The summed E-state index contributed by atoms with van der Waals surface area (Å²) in [6, 6.07) is 7.38. The van der Waals surface area contributed by atoms with Crippen LogP contribution >= 0.6 is 0 Å². The first kappa shape index (κ1) is 18.3. The van der Waals surface area contributed by atoms with Gasteiger partial charge in [0.2, 0.25) is 5.91 Å². The van der Waals surface area contributed by atoms with E-state index in [1.54, 1.807) is 0 Å². The molecule has 0 spiro atoms. The molecule has 6 heteroatoms. The van der Waals surface area contributed by atoms with Gasteiger partial charge in [-0.05, 0) is 44.4 Å². The van der Waals surface area contributed by atoms with E-state index in [1.165, 1.54) is 0 Å². The lowest BCUT2D eigenvalue weighted by Crippen LogP contribution is -2.46. The molecule has 6 nitrogen and oxygen atoms in total. The van der Waals surface area contributed by atoms with E-state index in [1.807, 2.05) is 38.1 Å². The molecule has 1 fully saturated rings. The second-order valence-corrected chi connectivity index (χ2v) is 6.47. The predicted molar refractivity (Wildman–Crippen MR) is 89.0 cm³/mol. The zero-order valence-electron chi connectivity index (χ0n) is 14.2. The van der Waals surface area contributed by atoms with Gasteiger partial charge >= 0.3 is 5.97 Å². The second-order valence-electron chi connectivity index (χ2n) is 6.47. The number of amides is 1. The van der Waals surface area contributed by atoms with Crippen LogP contribution in [0.15, 0.2) is 24.3 Å². The number of carbonyl (C=O) groups excluding carboxylic acids is 1. The number of hydrogen-bond donors (Lipinski definition) is 2. The molecule has 0 aromatic heterocycles. The van der Waals surface area contributed by atoms with E-state index in [2.05, 4.69) is 5.32 Å². The van der Waals surface area contributed by atoms with Gasteiger partial charge in [0.25, 0.3) is 0 Å². The van der Waals surface area contributed by atoms with Gasteiger partial charge in [-0.25, -0.2) is 0 Å². The summed E-state index contributed by atoms with van der Waals surface area (Å²) in [6.07, 6.45) is 1.10. The SMILES string of the molecule is CC(C)Oc1cccc(CC(=O)NCC2(C(=O)O)CCOCC2)c1. The molecule has 2 N–H and O–H groups in total. The van der Waals surface area contributed by atoms with E-state index in [0.717, 1.165) is 11.3 Å². The fourth-order valence-electron chi connectivity index (χ4n) is 2.74. The van der Waals surface area contributed by atoms with Crippen molar-refractivity contribution in [1.82, 2.24) is 5.32 Å². The van der Waals surface area contributed by atoms with Crippen molar-refractivity contribution in [1.29, 1.82) is 0 Å². The normalized spacial score (nSPS) is 16.6. The molecule has 0 unspecified atom stereocenters. The Kier molecular flexibility index (Phi) is 6.20. The summed E-state index contributed by atoms with van der Waals surface area (Å²) >= 11 is 0. The lowest BCUT2D eigenvalue weighted by molar-refractivity contribution is -0.154. The van der Waals surface area contributed by atoms with Gasteiger partial charge in [0, 0.05) is 19.8 Å². The zero-order chi connectivity index (χ0) is 17.6. The summed E-state index contributed by atoms with van der Waals surface area (Å²) in [5, 5.41) is 12.3. The molecule has 1 heterocycles. The van der Waals surface area contributed by atoms with Crippen molar-refractivity contribution in [3.05, 3.63) is 29.8 Å². The van der Waals surface area contributed by atoms with Gasteiger partial charge in [-0.1, -0.05) is 12.1 Å². The molecule has 2 rings (SSSR count). The topological polar surface area (TPSA) is 84.9 Å². The van der Waals surface area contributed by atoms with Crippen LogP contribution in [0, 0.1) is 5.41 Å². The molecule has 1 aromatic carbocycles. The number of carboxylic acids is 1. The molecule has 0 aliphatic carbocycles. The molecular weight excluding hydrogens is 310 g/mol. The molecule has 0 saturated carbocycles. The molecule has 1 saturated heterocycles. The van der Waals surface area contributed by atoms with Gasteiger partial charge in [0.1, 0.15) is 5.75 Å². The van der Waals surface area contributed by atoms with Crippen LogP contribution < -0.4 is 10.1 Å². The maximum atomic E-state index is 12.2. The van der Waals surface area contributed by atoms with Gasteiger partial charge in [0.15, 0.2) is 0 Å². The third-order valence-corrected chi connectivity index (χ3v) is 4.16. The van der Waals surface area contributed by atoms with Crippen molar-refractivity contribution in [3.8, 4) is 5.75 Å². The van der Waals surface area contributed by atoms with Crippen LogP contribution in [-0.4, -0.2) is 42.8 Å². The Morgan fingerprint density at radius 2 is 2.04 bits per heavy atom. The molecule has 24 heavy (non-hydrogen) atoms. The van der Waals surface area contributed by atoms with Crippen molar-refractivity contribution in [3.63, 3.8) is 0 Å². The van der Waals surface area contributed by atoms with Crippen LogP contribution in [0.25, 0.3) is 0 Å². The number of carbonyl (C=O) groups is 2. The van der Waals surface area contributed by atoms with Crippen molar-refractivity contribution in [2.75, 3.05) is 19.8 Å². The predicted octanol–water partition coefficient (Wildman–Crippen LogP) is 2.01. The third kappa shape index (κ3) is 4.96. The van der Waals surface area contributed by atoms with Gasteiger partial charge in [-0.3, -0.25) is 9.59 Å². The average Bonchev–Trinajstić information content (AvgIpc) is 2.53. The largest absolute Gasteiger partial charge is 0.491 e. The van der Waals surface area contributed by atoms with E-state index >= 15 is 0 Å². The van der Waals surface area contributed by atoms with E-state index in [0.29, 0.717) is 26.1 Å². The molecule has 0 atom stereocenters. The minimum Gasteiger partial charge on any atom is -0.491 e. The van der Waals surface area contributed by atoms with Crippen LogP contribution in [0.2, 0.25) is 0 Å². The first-order valence-electron chi connectivity index (χ1n) is 8.25. The number of aliphatic carboxylic acids is 1. The van der Waals surface area contributed by atoms with E-state index in [9.17, 15) is 14.7 Å². The minimum absolute atomic E-state index is 0.0676. The highest BCUT2D eigenvalue weighted by molar-refractivity contribution is 5.80. The van der Waals surface area contributed by atoms with Crippen LogP contribution in [0.3, 0.4) is 0 Å². The smallest absolute Gasteiger partial charge is 0.311 e. The highest BCUT2D eigenvalue weighted by Crippen LogP contribution is 2.30. The number of benzene rings is 1. The lowest BCUT2D eigenvalue weighted by Gasteiger charge is -2.33. The Morgan fingerprint density at radius 3 is 2.67 bits per heavy atom. The molecule has 1 aliphatic rings.